The average molecular weight is 1200 g/mol. The van der Waals surface area contributed by atoms with Gasteiger partial charge in [0.15, 0.2) is 43.7 Å². The molecule has 0 aliphatic carbocycles. The van der Waals surface area contributed by atoms with Crippen molar-refractivity contribution in [3.63, 3.8) is 0 Å². The summed E-state index contributed by atoms with van der Waals surface area (Å²) in [7, 11) is -13.4. The molecule has 27 heteroatoms. The first-order chi connectivity index (χ1) is 36.0. The maximum atomic E-state index is 11.5. The normalized spacial score (nSPS) is 27.5. The average Bonchev–Trinajstić information content (AvgIpc) is 4.11. The van der Waals surface area contributed by atoms with Gasteiger partial charge in [-0.2, -0.15) is 19.9 Å². The highest BCUT2D eigenvalue weighted by atomic mass is 35.5. The summed E-state index contributed by atoms with van der Waals surface area (Å²) in [5.41, 5.74) is 15.5. The van der Waals surface area contributed by atoms with Gasteiger partial charge < -0.3 is 56.4 Å². The van der Waals surface area contributed by atoms with Gasteiger partial charge in [-0.3, -0.25) is 9.13 Å². The first-order valence-corrected chi connectivity index (χ1v) is 39.2. The molecule has 4 aliphatic rings. The Morgan fingerprint density at radius 2 is 0.922 bits per heavy atom. The van der Waals surface area contributed by atoms with Gasteiger partial charge in [0.05, 0.1) is 25.9 Å². The first-order valence-electron chi connectivity index (χ1n) is 28.1. The predicted octanol–water partition coefficient (Wildman–Crippen LogP) is 11.6. The number of aromatic nitrogens is 8. The summed E-state index contributed by atoms with van der Waals surface area (Å²) in [6.45, 7) is 42.5. The number of nitrogens with zero attached hydrogens (tertiary/aromatic N) is 8. The lowest BCUT2D eigenvalue weighted by atomic mass is 10.1. The van der Waals surface area contributed by atoms with Gasteiger partial charge in [0, 0.05) is 0 Å². The number of ether oxygens (including phenoxy) is 2. The fourth-order valence-corrected chi connectivity index (χ4v) is 37.9. The van der Waals surface area contributed by atoms with E-state index in [2.05, 4.69) is 161 Å². The molecule has 0 unspecified atom stereocenters. The fraction of sp³-hybridized carbons (Fsp3) is 0.800. The van der Waals surface area contributed by atoms with Crippen LogP contribution in [0.3, 0.4) is 0 Å². The molecule has 20 nitrogen and oxygen atoms in total. The summed E-state index contributed by atoms with van der Waals surface area (Å²) in [5.74, 6) is 0.397. The van der Waals surface area contributed by atoms with Crippen molar-refractivity contribution in [2.75, 3.05) is 24.7 Å². The SMILES string of the molecule is CC(C)[Si]1(C(C)C)OC[C@H]2O[C@@H](n3cnc4c(N)nc(Cl)nc43)[C@H](O)[C@@H]2O[Si](C(C)C)(C(C)C)O1.CC[Si](CC)(CC)O[C@@H]1[C@@H]2O[Si](C(C)C)(C(C)C)O[Si](C(C)C)(C(C)C)OC[C@H]2O[C@H]1n1cnc2c(N)nc(Cl)nc21. The molecule has 77 heavy (non-hydrogen) atoms. The van der Waals surface area contributed by atoms with Crippen LogP contribution in [0.2, 0.25) is 73.0 Å². The molecule has 0 aromatic carbocycles. The predicted molar refractivity (Wildman–Crippen MR) is 313 cm³/mol. The van der Waals surface area contributed by atoms with Crippen LogP contribution in [-0.4, -0.2) is 137 Å². The third kappa shape index (κ3) is 11.3. The zero-order valence-electron chi connectivity index (χ0n) is 49.0. The van der Waals surface area contributed by atoms with Crippen LogP contribution in [0, 0.1) is 0 Å². The molecule has 5 N–H and O–H groups in total. The minimum absolute atomic E-state index is 0.000994. The Bertz CT molecular complexity index is 2610. The maximum absolute atomic E-state index is 11.5. The van der Waals surface area contributed by atoms with Gasteiger partial charge in [-0.15, -0.1) is 0 Å². The molecule has 434 valence electrons. The molecule has 8 rings (SSSR count). The van der Waals surface area contributed by atoms with Crippen molar-refractivity contribution >= 4 is 99.7 Å². The summed E-state index contributed by atoms with van der Waals surface area (Å²) >= 11 is 12.3. The second-order valence-corrected chi connectivity index (χ2v) is 47.1. The van der Waals surface area contributed by atoms with E-state index in [0.29, 0.717) is 28.9 Å². The number of halogens is 2. The van der Waals surface area contributed by atoms with Gasteiger partial charge in [-0.05, 0) is 85.7 Å². The summed E-state index contributed by atoms with van der Waals surface area (Å²) in [4.78, 5) is 25.7. The summed E-state index contributed by atoms with van der Waals surface area (Å²) < 4.78 is 67.1. The Morgan fingerprint density at radius 3 is 1.30 bits per heavy atom. The van der Waals surface area contributed by atoms with Crippen LogP contribution in [0.1, 0.15) is 144 Å². The number of anilines is 2. The molecule has 4 aliphatic heterocycles. The largest absolute Gasteiger partial charge is 0.414 e. The molecule has 4 fully saturated rings. The minimum Gasteiger partial charge on any atom is -0.414 e. The highest BCUT2D eigenvalue weighted by Gasteiger charge is 2.64. The van der Waals surface area contributed by atoms with E-state index >= 15 is 0 Å². The Labute approximate surface area is 472 Å². The number of nitrogens with two attached hydrogens (primary N) is 2. The Kier molecular flexibility index (Phi) is 19.5. The molecule has 8 atom stereocenters. The summed E-state index contributed by atoms with van der Waals surface area (Å²) in [6, 6.07) is 2.98. The Balaban J connectivity index is 0.000000227. The second kappa shape index (κ2) is 24.0. The van der Waals surface area contributed by atoms with Crippen molar-refractivity contribution in [1.29, 1.82) is 0 Å². The van der Waals surface area contributed by atoms with Gasteiger partial charge in [0.2, 0.25) is 10.6 Å². The fourth-order valence-electron chi connectivity index (χ4n) is 12.3. The van der Waals surface area contributed by atoms with E-state index in [4.69, 9.17) is 74.5 Å². The van der Waals surface area contributed by atoms with Gasteiger partial charge in [-0.1, -0.05) is 132 Å². The van der Waals surface area contributed by atoms with Gasteiger partial charge in [0.25, 0.3) is 0 Å². The zero-order valence-corrected chi connectivity index (χ0v) is 55.5. The smallest absolute Gasteiger partial charge is 0.335 e. The molecule has 0 spiro atoms. The molecular formula is C50H90Cl2N10O10Si5. The van der Waals surface area contributed by atoms with Crippen molar-refractivity contribution < 1.29 is 44.9 Å². The summed E-state index contributed by atoms with van der Waals surface area (Å²) in [6.07, 6.45) is -1.41. The van der Waals surface area contributed by atoms with Gasteiger partial charge in [-0.25, -0.2) is 9.97 Å². The number of hydrogen-bond acceptors (Lipinski definition) is 18. The molecule has 4 aromatic heterocycles. The van der Waals surface area contributed by atoms with Crippen LogP contribution in [0.15, 0.2) is 12.7 Å². The van der Waals surface area contributed by atoms with E-state index in [1.165, 1.54) is 6.33 Å². The van der Waals surface area contributed by atoms with Crippen LogP contribution in [-0.2, 0) is 39.8 Å². The van der Waals surface area contributed by atoms with Crippen LogP contribution in [0.5, 0.6) is 0 Å². The standard InChI is InChI=1S/C28H52ClN5O5Si3.C22H38ClN5O5Si2/c1-12-40(13-2,14-3)37-24-23-21(36-27(24)34-16-31-22-25(30)32-28(29)33-26(22)34)15-35-41(17(4)5,18(6)7)39-42(38-23,19(8)9)20(10)11;1-11(2)34(12(3)4)30-9-15-18(32-35(33-34,13(5)6)14(7)8)17(29)21(31-15)28-10-25-16-19(24)26-22(23)27-20(16)28/h16-21,23-24,27H,12-15H2,1-11H3,(H2,30,32,33);10-15,17-18,21,29H,9H2,1-8H3,(H2,24,26,27)/t21-,23-,24-,27-;15-,17-,18-,21-/m11/s1. The lowest BCUT2D eigenvalue weighted by molar-refractivity contribution is -0.0570. The van der Waals surface area contributed by atoms with Crippen LogP contribution < -0.4 is 11.5 Å². The zero-order chi connectivity index (χ0) is 57.1. The Morgan fingerprint density at radius 1 is 0.571 bits per heavy atom. The van der Waals surface area contributed by atoms with Crippen LogP contribution in [0.4, 0.5) is 11.6 Å². The molecule has 8 heterocycles. The molecule has 0 amide bonds. The molecule has 0 radical (unpaired) electrons. The highest BCUT2D eigenvalue weighted by molar-refractivity contribution is 6.84. The first kappa shape index (κ1) is 62.6. The number of rotatable bonds is 15. The van der Waals surface area contributed by atoms with Crippen molar-refractivity contribution in [3.05, 3.63) is 23.2 Å². The lowest BCUT2D eigenvalue weighted by Crippen LogP contribution is -2.66. The van der Waals surface area contributed by atoms with Crippen molar-refractivity contribution in [2.45, 2.75) is 243 Å². The molecular weight excluding hydrogens is 1110 g/mol. The molecule has 4 saturated heterocycles. The summed E-state index contributed by atoms with van der Waals surface area (Å²) in [5, 5.41) is 11.6. The Hall–Kier alpha value is -2.04. The van der Waals surface area contributed by atoms with Crippen molar-refractivity contribution in [1.82, 2.24) is 39.0 Å². The lowest BCUT2D eigenvalue weighted by Gasteiger charge is -2.51. The quantitative estimate of drug-likeness (QED) is 0.0740. The number of fused-ring (bicyclic) bond motifs is 4. The highest BCUT2D eigenvalue weighted by Crippen LogP contribution is 2.52. The van der Waals surface area contributed by atoms with Crippen LogP contribution in [0.25, 0.3) is 22.3 Å². The van der Waals surface area contributed by atoms with Gasteiger partial charge >= 0.3 is 34.2 Å². The number of nitrogen functional groups attached to an aromatic ring is 2. The number of hydrogen-bond donors (Lipinski definition) is 3. The number of aliphatic hydroxyl groups excluding tert-OH is 1. The molecule has 4 aromatic rings. The minimum atomic E-state index is -2.90. The van der Waals surface area contributed by atoms with Gasteiger partial charge in [0.1, 0.15) is 47.7 Å². The number of aliphatic hydroxyl groups is 1. The van der Waals surface area contributed by atoms with Crippen molar-refractivity contribution in [3.8, 4) is 0 Å². The van der Waals surface area contributed by atoms with E-state index in [9.17, 15) is 5.11 Å². The molecule has 0 saturated carbocycles. The van der Waals surface area contributed by atoms with E-state index in [1.54, 1.807) is 10.9 Å². The van der Waals surface area contributed by atoms with E-state index in [0.717, 1.165) is 18.1 Å². The maximum Gasteiger partial charge on any atom is 0.335 e. The monoisotopic (exact) mass is 1200 g/mol. The second-order valence-electron chi connectivity index (χ2n) is 24.0. The van der Waals surface area contributed by atoms with Crippen LogP contribution >= 0.6 is 23.2 Å². The molecule has 0 bridgehead atoms. The van der Waals surface area contributed by atoms with E-state index < -0.39 is 79.4 Å². The van der Waals surface area contributed by atoms with E-state index in [1.807, 2.05) is 4.57 Å². The van der Waals surface area contributed by atoms with E-state index in [-0.39, 0.29) is 85.3 Å². The topological polar surface area (TPSA) is 243 Å². The van der Waals surface area contributed by atoms with Crippen molar-refractivity contribution in [2.24, 2.45) is 0 Å². The third-order valence-corrected chi connectivity index (χ3v) is 42.4. The third-order valence-electron chi connectivity index (χ3n) is 17.0. The number of imidazole rings is 2.